The molecule has 0 radical (unpaired) electrons. The van der Waals surface area contributed by atoms with Crippen molar-refractivity contribution in [3.05, 3.63) is 70.8 Å². The van der Waals surface area contributed by atoms with Crippen LogP contribution in [0.3, 0.4) is 0 Å². The predicted octanol–water partition coefficient (Wildman–Crippen LogP) is 5.69. The van der Waals surface area contributed by atoms with Crippen LogP contribution < -0.4 is 10.6 Å². The molecule has 2 N–H and O–H groups in total. The molecule has 4 aromatic rings. The third-order valence-electron chi connectivity index (χ3n) is 6.76. The summed E-state index contributed by atoms with van der Waals surface area (Å²) < 4.78 is 24.0. The molecule has 1 fully saturated rings. The van der Waals surface area contributed by atoms with Crippen LogP contribution in [0.1, 0.15) is 37.1 Å². The van der Waals surface area contributed by atoms with Crippen molar-refractivity contribution in [3.8, 4) is 11.4 Å². The molecule has 186 valence electrons. The van der Waals surface area contributed by atoms with Gasteiger partial charge in [-0.15, -0.1) is 0 Å². The molecule has 1 unspecified atom stereocenters. The molecule has 0 saturated carbocycles. The minimum absolute atomic E-state index is 0.0881. The van der Waals surface area contributed by atoms with E-state index in [4.69, 9.17) is 31.6 Å². The normalized spacial score (nSPS) is 15.2. The first kappa shape index (κ1) is 24.0. The van der Waals surface area contributed by atoms with Crippen LogP contribution in [-0.2, 0) is 11.3 Å². The molecule has 1 aliphatic rings. The highest BCUT2D eigenvalue weighted by Crippen LogP contribution is 2.38. The van der Waals surface area contributed by atoms with Crippen LogP contribution in [0, 0.1) is 11.7 Å². The van der Waals surface area contributed by atoms with E-state index in [2.05, 4.69) is 28.0 Å². The van der Waals surface area contributed by atoms with Crippen LogP contribution in [0.15, 0.2) is 53.1 Å². The van der Waals surface area contributed by atoms with Crippen molar-refractivity contribution in [1.29, 1.82) is 0 Å². The Kier molecular flexibility index (Phi) is 6.73. The van der Waals surface area contributed by atoms with Crippen LogP contribution >= 0.6 is 11.6 Å². The second kappa shape index (κ2) is 10.1. The summed E-state index contributed by atoms with van der Waals surface area (Å²) in [6.45, 7) is 3.64. The maximum Gasteiger partial charge on any atom is 0.405 e. The first-order chi connectivity index (χ1) is 17.4. The molecule has 0 spiro atoms. The minimum atomic E-state index is -0.940. The lowest BCUT2D eigenvalue weighted by molar-refractivity contribution is 0.135. The standard InChI is InChI=1S/C26H25ClFN5O3/c1-15(20-5-4-19(28)13-21(20)25-31-24(36-32-25)14-35-26(29)34)16-8-10-33(11-9-16)23-7-2-17-12-18(27)3-6-22(17)30-23/h2-7,12-13,15-16H,8-11,14H2,1H3,(H2,29,34). The van der Waals surface area contributed by atoms with Gasteiger partial charge in [0, 0.05) is 29.1 Å². The van der Waals surface area contributed by atoms with E-state index in [9.17, 15) is 9.18 Å². The van der Waals surface area contributed by atoms with E-state index in [0.717, 1.165) is 48.2 Å². The van der Waals surface area contributed by atoms with Crippen LogP contribution in [0.25, 0.3) is 22.3 Å². The van der Waals surface area contributed by atoms with Gasteiger partial charge < -0.3 is 19.9 Å². The first-order valence-corrected chi connectivity index (χ1v) is 12.1. The number of hydrogen-bond donors (Lipinski definition) is 1. The van der Waals surface area contributed by atoms with E-state index in [1.54, 1.807) is 6.07 Å². The number of piperidine rings is 1. The first-order valence-electron chi connectivity index (χ1n) is 11.7. The molecular weight excluding hydrogens is 485 g/mol. The molecule has 8 nitrogen and oxygen atoms in total. The molecule has 2 aromatic heterocycles. The Morgan fingerprint density at radius 1 is 1.19 bits per heavy atom. The number of carbonyl (C=O) groups is 1. The lowest BCUT2D eigenvalue weighted by Crippen LogP contribution is -2.35. The zero-order chi connectivity index (χ0) is 25.2. The molecule has 1 amide bonds. The Hall–Kier alpha value is -3.72. The number of nitrogens with zero attached hydrogens (tertiary/aromatic N) is 4. The number of anilines is 1. The summed E-state index contributed by atoms with van der Waals surface area (Å²) in [6.07, 6.45) is 0.981. The van der Waals surface area contributed by atoms with Gasteiger partial charge in [0.25, 0.3) is 5.89 Å². The van der Waals surface area contributed by atoms with E-state index in [1.165, 1.54) is 12.1 Å². The van der Waals surface area contributed by atoms with Crippen molar-refractivity contribution in [3.63, 3.8) is 0 Å². The molecule has 2 aromatic carbocycles. The summed E-state index contributed by atoms with van der Waals surface area (Å²) in [7, 11) is 0. The SMILES string of the molecule is CC(c1ccc(F)cc1-c1noc(COC(N)=O)n1)C1CCN(c2ccc3cc(Cl)ccc3n2)CC1. The summed E-state index contributed by atoms with van der Waals surface area (Å²) in [5, 5.41) is 5.68. The molecule has 3 heterocycles. The van der Waals surface area contributed by atoms with Crippen molar-refractivity contribution < 1.29 is 18.4 Å². The average Bonchev–Trinajstić information content (AvgIpc) is 3.36. The quantitative estimate of drug-likeness (QED) is 0.355. The fourth-order valence-corrected chi connectivity index (χ4v) is 5.00. The van der Waals surface area contributed by atoms with Gasteiger partial charge in [0.2, 0.25) is 5.82 Å². The van der Waals surface area contributed by atoms with Gasteiger partial charge in [0.1, 0.15) is 11.6 Å². The number of hydrogen-bond acceptors (Lipinski definition) is 7. The van der Waals surface area contributed by atoms with E-state index >= 15 is 0 Å². The highest BCUT2D eigenvalue weighted by molar-refractivity contribution is 6.31. The highest BCUT2D eigenvalue weighted by atomic mass is 35.5. The summed E-state index contributed by atoms with van der Waals surface area (Å²) in [4.78, 5) is 22.2. The van der Waals surface area contributed by atoms with Gasteiger partial charge in [-0.05, 0) is 72.7 Å². The second-order valence-corrected chi connectivity index (χ2v) is 9.41. The van der Waals surface area contributed by atoms with Crippen molar-refractivity contribution >= 4 is 34.4 Å². The smallest absolute Gasteiger partial charge is 0.405 e. The number of amides is 1. The van der Waals surface area contributed by atoms with Crippen LogP contribution in [0.4, 0.5) is 15.0 Å². The van der Waals surface area contributed by atoms with E-state index in [0.29, 0.717) is 16.5 Å². The molecule has 36 heavy (non-hydrogen) atoms. The summed E-state index contributed by atoms with van der Waals surface area (Å²) in [5.41, 5.74) is 7.42. The predicted molar refractivity (Wildman–Crippen MR) is 134 cm³/mol. The highest BCUT2D eigenvalue weighted by Gasteiger charge is 2.28. The minimum Gasteiger partial charge on any atom is -0.440 e. The third kappa shape index (κ3) is 5.11. The van der Waals surface area contributed by atoms with Gasteiger partial charge in [-0.1, -0.05) is 29.7 Å². The molecule has 10 heteroatoms. The summed E-state index contributed by atoms with van der Waals surface area (Å²) in [5.74, 6) is 1.42. The van der Waals surface area contributed by atoms with E-state index in [1.807, 2.05) is 24.3 Å². The fourth-order valence-electron chi connectivity index (χ4n) is 4.82. The molecular formula is C26H25ClFN5O3. The Labute approximate surface area is 212 Å². The Morgan fingerprint density at radius 3 is 2.78 bits per heavy atom. The Balaban J connectivity index is 1.30. The lowest BCUT2D eigenvalue weighted by Gasteiger charge is -2.36. The Morgan fingerprint density at radius 2 is 2.00 bits per heavy atom. The lowest BCUT2D eigenvalue weighted by atomic mass is 9.79. The molecule has 0 aliphatic carbocycles. The molecule has 5 rings (SSSR count). The van der Waals surface area contributed by atoms with Crippen molar-refractivity contribution in [2.24, 2.45) is 11.7 Å². The zero-order valence-corrected chi connectivity index (χ0v) is 20.4. The number of aromatic nitrogens is 3. The van der Waals surface area contributed by atoms with Gasteiger partial charge in [0.05, 0.1) is 5.52 Å². The van der Waals surface area contributed by atoms with Crippen LogP contribution in [-0.4, -0.2) is 34.3 Å². The number of fused-ring (bicyclic) bond motifs is 1. The van der Waals surface area contributed by atoms with Crippen molar-refractivity contribution in [2.75, 3.05) is 18.0 Å². The fraction of sp³-hybridized carbons (Fsp3) is 0.308. The molecule has 1 saturated heterocycles. The van der Waals surface area contributed by atoms with Crippen molar-refractivity contribution in [1.82, 2.24) is 15.1 Å². The van der Waals surface area contributed by atoms with Crippen molar-refractivity contribution in [2.45, 2.75) is 32.3 Å². The largest absolute Gasteiger partial charge is 0.440 e. The third-order valence-corrected chi connectivity index (χ3v) is 7.00. The summed E-state index contributed by atoms with van der Waals surface area (Å²) >= 11 is 6.09. The average molecular weight is 510 g/mol. The number of primary amides is 1. The number of rotatable bonds is 6. The Bertz CT molecular complexity index is 1400. The summed E-state index contributed by atoms with van der Waals surface area (Å²) in [6, 6.07) is 14.4. The maximum absolute atomic E-state index is 14.2. The molecule has 0 bridgehead atoms. The monoisotopic (exact) mass is 509 g/mol. The van der Waals surface area contributed by atoms with Gasteiger partial charge in [-0.3, -0.25) is 0 Å². The number of ether oxygens (including phenoxy) is 1. The maximum atomic E-state index is 14.2. The van der Waals surface area contributed by atoms with E-state index < -0.39 is 6.09 Å². The number of pyridine rings is 1. The number of benzene rings is 2. The van der Waals surface area contributed by atoms with Crippen LogP contribution in [0.2, 0.25) is 5.02 Å². The molecule has 1 atom stereocenters. The van der Waals surface area contributed by atoms with Gasteiger partial charge in [-0.25, -0.2) is 14.2 Å². The van der Waals surface area contributed by atoms with Gasteiger partial charge in [-0.2, -0.15) is 4.98 Å². The zero-order valence-electron chi connectivity index (χ0n) is 19.7. The van der Waals surface area contributed by atoms with E-state index in [-0.39, 0.29) is 30.1 Å². The van der Waals surface area contributed by atoms with Crippen LogP contribution in [0.5, 0.6) is 0 Å². The number of carbonyl (C=O) groups excluding carboxylic acids is 1. The van der Waals surface area contributed by atoms with Gasteiger partial charge in [0.15, 0.2) is 6.61 Å². The molecule has 1 aliphatic heterocycles. The topological polar surface area (TPSA) is 107 Å². The number of nitrogens with two attached hydrogens (primary N) is 1. The van der Waals surface area contributed by atoms with Gasteiger partial charge >= 0.3 is 6.09 Å². The number of halogens is 2. The second-order valence-electron chi connectivity index (χ2n) is 8.97.